The molecule has 1 heterocycles. The SMILES string of the molecule is CCOc1ccc(CC2CCNC2)cc1. The zero-order chi connectivity index (χ0) is 10.5. The summed E-state index contributed by atoms with van der Waals surface area (Å²) in [6.07, 6.45) is 2.51. The monoisotopic (exact) mass is 205 g/mol. The van der Waals surface area contributed by atoms with Crippen molar-refractivity contribution in [2.75, 3.05) is 19.7 Å². The van der Waals surface area contributed by atoms with Crippen LogP contribution in [0.3, 0.4) is 0 Å². The summed E-state index contributed by atoms with van der Waals surface area (Å²) in [6.45, 7) is 5.11. The molecule has 15 heavy (non-hydrogen) atoms. The maximum absolute atomic E-state index is 5.42. The molecule has 0 spiro atoms. The Morgan fingerprint density at radius 1 is 1.33 bits per heavy atom. The summed E-state index contributed by atoms with van der Waals surface area (Å²) < 4.78 is 5.42. The van der Waals surface area contributed by atoms with Crippen LogP contribution < -0.4 is 10.1 Å². The average Bonchev–Trinajstić information content (AvgIpc) is 2.74. The highest BCUT2D eigenvalue weighted by atomic mass is 16.5. The van der Waals surface area contributed by atoms with Gasteiger partial charge in [0, 0.05) is 0 Å². The minimum atomic E-state index is 0.742. The van der Waals surface area contributed by atoms with Crippen molar-refractivity contribution < 1.29 is 4.74 Å². The van der Waals surface area contributed by atoms with Gasteiger partial charge in [0.25, 0.3) is 0 Å². The molecule has 0 aromatic heterocycles. The van der Waals surface area contributed by atoms with E-state index in [9.17, 15) is 0 Å². The highest BCUT2D eigenvalue weighted by molar-refractivity contribution is 5.27. The van der Waals surface area contributed by atoms with Crippen molar-refractivity contribution in [2.45, 2.75) is 19.8 Å². The molecule has 1 aliphatic heterocycles. The molecule has 82 valence electrons. The van der Waals surface area contributed by atoms with Gasteiger partial charge in [0.05, 0.1) is 6.61 Å². The molecule has 1 N–H and O–H groups in total. The van der Waals surface area contributed by atoms with E-state index in [0.717, 1.165) is 18.3 Å². The molecule has 2 rings (SSSR count). The molecule has 1 aromatic carbocycles. The lowest BCUT2D eigenvalue weighted by molar-refractivity contribution is 0.340. The summed E-state index contributed by atoms with van der Waals surface area (Å²) in [4.78, 5) is 0. The summed E-state index contributed by atoms with van der Waals surface area (Å²) in [7, 11) is 0. The zero-order valence-electron chi connectivity index (χ0n) is 9.33. The molecule has 1 fully saturated rings. The van der Waals surface area contributed by atoms with E-state index >= 15 is 0 Å². The molecule has 0 aliphatic carbocycles. The predicted octanol–water partition coefficient (Wildman–Crippen LogP) is 2.24. The van der Waals surface area contributed by atoms with Crippen LogP contribution >= 0.6 is 0 Å². The Balaban J connectivity index is 1.91. The lowest BCUT2D eigenvalue weighted by Crippen LogP contribution is -2.10. The van der Waals surface area contributed by atoms with Crippen molar-refractivity contribution in [3.05, 3.63) is 29.8 Å². The molecule has 1 atom stereocenters. The first-order valence-electron chi connectivity index (χ1n) is 5.81. The van der Waals surface area contributed by atoms with E-state index in [0.29, 0.717) is 0 Å². The van der Waals surface area contributed by atoms with Gasteiger partial charge in [0.15, 0.2) is 0 Å². The maximum atomic E-state index is 5.42. The van der Waals surface area contributed by atoms with Gasteiger partial charge in [-0.15, -0.1) is 0 Å². The van der Waals surface area contributed by atoms with E-state index < -0.39 is 0 Å². The van der Waals surface area contributed by atoms with Gasteiger partial charge in [0.2, 0.25) is 0 Å². The number of rotatable bonds is 4. The third-order valence-corrected chi connectivity index (χ3v) is 2.92. The van der Waals surface area contributed by atoms with Crippen LogP contribution in [0.1, 0.15) is 18.9 Å². The molecular weight excluding hydrogens is 186 g/mol. The topological polar surface area (TPSA) is 21.3 Å². The highest BCUT2D eigenvalue weighted by Crippen LogP contribution is 2.18. The molecule has 0 radical (unpaired) electrons. The third kappa shape index (κ3) is 2.96. The van der Waals surface area contributed by atoms with Crippen molar-refractivity contribution in [2.24, 2.45) is 5.92 Å². The van der Waals surface area contributed by atoms with Gasteiger partial charge in [-0.05, 0) is 56.5 Å². The fraction of sp³-hybridized carbons (Fsp3) is 0.538. The molecule has 1 unspecified atom stereocenters. The van der Waals surface area contributed by atoms with Crippen molar-refractivity contribution >= 4 is 0 Å². The van der Waals surface area contributed by atoms with Crippen molar-refractivity contribution in [1.29, 1.82) is 0 Å². The maximum Gasteiger partial charge on any atom is 0.119 e. The van der Waals surface area contributed by atoms with Crippen LogP contribution in [0.15, 0.2) is 24.3 Å². The second-order valence-corrected chi connectivity index (χ2v) is 4.14. The number of benzene rings is 1. The molecule has 1 aromatic rings. The summed E-state index contributed by atoms with van der Waals surface area (Å²) >= 11 is 0. The first kappa shape index (κ1) is 10.5. The summed E-state index contributed by atoms with van der Waals surface area (Å²) in [5.74, 6) is 1.80. The van der Waals surface area contributed by atoms with Crippen LogP contribution in [0.5, 0.6) is 5.75 Å². The normalized spacial score (nSPS) is 20.5. The Kier molecular flexibility index (Phi) is 3.62. The van der Waals surface area contributed by atoms with Crippen LogP contribution in [0.4, 0.5) is 0 Å². The fourth-order valence-corrected chi connectivity index (χ4v) is 2.11. The van der Waals surface area contributed by atoms with Crippen LogP contribution in [-0.4, -0.2) is 19.7 Å². The van der Waals surface area contributed by atoms with Crippen molar-refractivity contribution in [1.82, 2.24) is 5.32 Å². The Hall–Kier alpha value is -1.02. The summed E-state index contributed by atoms with van der Waals surface area (Å²) in [5, 5.41) is 3.40. The van der Waals surface area contributed by atoms with Crippen LogP contribution in [-0.2, 0) is 6.42 Å². The summed E-state index contributed by atoms with van der Waals surface area (Å²) in [5.41, 5.74) is 1.42. The van der Waals surface area contributed by atoms with Crippen LogP contribution in [0, 0.1) is 5.92 Å². The molecule has 0 saturated carbocycles. The van der Waals surface area contributed by atoms with Gasteiger partial charge in [-0.25, -0.2) is 0 Å². The Morgan fingerprint density at radius 2 is 2.13 bits per heavy atom. The van der Waals surface area contributed by atoms with Gasteiger partial charge in [0.1, 0.15) is 5.75 Å². The quantitative estimate of drug-likeness (QED) is 0.814. The number of hydrogen-bond acceptors (Lipinski definition) is 2. The minimum absolute atomic E-state index is 0.742. The number of hydrogen-bond donors (Lipinski definition) is 1. The fourth-order valence-electron chi connectivity index (χ4n) is 2.11. The Labute approximate surface area is 91.6 Å². The molecule has 0 bridgehead atoms. The van der Waals surface area contributed by atoms with E-state index in [1.54, 1.807) is 0 Å². The Morgan fingerprint density at radius 3 is 2.73 bits per heavy atom. The zero-order valence-corrected chi connectivity index (χ0v) is 9.33. The first-order chi connectivity index (χ1) is 7.38. The first-order valence-corrected chi connectivity index (χ1v) is 5.81. The molecule has 2 nitrogen and oxygen atoms in total. The van der Waals surface area contributed by atoms with E-state index in [4.69, 9.17) is 4.74 Å². The second kappa shape index (κ2) is 5.17. The molecule has 0 amide bonds. The van der Waals surface area contributed by atoms with E-state index in [1.807, 2.05) is 6.92 Å². The van der Waals surface area contributed by atoms with E-state index in [-0.39, 0.29) is 0 Å². The van der Waals surface area contributed by atoms with Gasteiger partial charge in [-0.1, -0.05) is 12.1 Å². The lowest BCUT2D eigenvalue weighted by Gasteiger charge is -2.09. The summed E-state index contributed by atoms with van der Waals surface area (Å²) in [6, 6.07) is 8.51. The molecule has 1 saturated heterocycles. The minimum Gasteiger partial charge on any atom is -0.494 e. The highest BCUT2D eigenvalue weighted by Gasteiger charge is 2.14. The van der Waals surface area contributed by atoms with E-state index in [2.05, 4.69) is 29.6 Å². The van der Waals surface area contributed by atoms with E-state index in [1.165, 1.54) is 31.5 Å². The van der Waals surface area contributed by atoms with Crippen molar-refractivity contribution in [3.8, 4) is 5.75 Å². The van der Waals surface area contributed by atoms with Gasteiger partial charge in [-0.2, -0.15) is 0 Å². The molecular formula is C13H19NO. The van der Waals surface area contributed by atoms with Gasteiger partial charge < -0.3 is 10.1 Å². The van der Waals surface area contributed by atoms with Gasteiger partial charge in [-0.3, -0.25) is 0 Å². The van der Waals surface area contributed by atoms with Gasteiger partial charge >= 0.3 is 0 Å². The predicted molar refractivity (Wildman–Crippen MR) is 62.3 cm³/mol. The Bertz CT molecular complexity index is 288. The molecule has 1 aliphatic rings. The number of nitrogens with one attached hydrogen (secondary N) is 1. The second-order valence-electron chi connectivity index (χ2n) is 4.14. The van der Waals surface area contributed by atoms with Crippen LogP contribution in [0.2, 0.25) is 0 Å². The lowest BCUT2D eigenvalue weighted by atomic mass is 9.99. The van der Waals surface area contributed by atoms with Crippen LogP contribution in [0.25, 0.3) is 0 Å². The number of ether oxygens (including phenoxy) is 1. The average molecular weight is 205 g/mol. The largest absolute Gasteiger partial charge is 0.494 e. The standard InChI is InChI=1S/C13H19NO/c1-2-15-13-5-3-11(4-6-13)9-12-7-8-14-10-12/h3-6,12,14H,2,7-10H2,1H3. The third-order valence-electron chi connectivity index (χ3n) is 2.92. The molecule has 2 heteroatoms. The van der Waals surface area contributed by atoms with Crippen molar-refractivity contribution in [3.63, 3.8) is 0 Å². The smallest absolute Gasteiger partial charge is 0.119 e.